The number of carbonyl (C=O) groups is 2. The lowest BCUT2D eigenvalue weighted by atomic mass is 9.63. The van der Waals surface area contributed by atoms with E-state index in [4.69, 9.17) is 4.74 Å². The molecule has 2 aliphatic rings. The first-order valence-electron chi connectivity index (χ1n) is 9.01. The van der Waals surface area contributed by atoms with Gasteiger partial charge < -0.3 is 9.84 Å². The number of allylic oxidation sites excluding steroid dienone is 1. The molecule has 0 bridgehead atoms. The summed E-state index contributed by atoms with van der Waals surface area (Å²) in [5.74, 6) is -1.43. The fraction of sp³-hybridized carbons (Fsp3) is 0.476. The van der Waals surface area contributed by atoms with E-state index in [-0.39, 0.29) is 16.8 Å². The van der Waals surface area contributed by atoms with Crippen LogP contribution in [0.2, 0.25) is 0 Å². The predicted molar refractivity (Wildman–Crippen MR) is 99.6 cm³/mol. The number of aliphatic imine (C=N–C) groups is 1. The van der Waals surface area contributed by atoms with Gasteiger partial charge in [0.1, 0.15) is 11.5 Å². The number of nitrogens with zero attached hydrogens (tertiary/aromatic N) is 1. The van der Waals surface area contributed by atoms with Crippen molar-refractivity contribution in [2.75, 3.05) is 6.61 Å². The number of benzene rings is 1. The largest absolute Gasteiger partial charge is 0.494 e. The molecule has 0 amide bonds. The van der Waals surface area contributed by atoms with Crippen molar-refractivity contribution in [1.82, 2.24) is 0 Å². The van der Waals surface area contributed by atoms with Crippen molar-refractivity contribution in [3.05, 3.63) is 41.1 Å². The zero-order valence-corrected chi connectivity index (χ0v) is 15.7. The number of hydrogen-bond acceptors (Lipinski definition) is 4. The fourth-order valence-corrected chi connectivity index (χ4v) is 4.23. The number of rotatable bonds is 4. The maximum Gasteiger partial charge on any atom is 0.334 e. The molecule has 2 unspecified atom stereocenters. The molecule has 138 valence electrons. The number of carbonyl (C=O) groups excluding carboxylic acids is 1. The van der Waals surface area contributed by atoms with Gasteiger partial charge in [-0.1, -0.05) is 32.0 Å². The Kier molecular flexibility index (Phi) is 4.74. The average molecular weight is 355 g/mol. The lowest BCUT2D eigenvalue weighted by molar-refractivity contribution is -0.133. The Bertz CT molecular complexity index is 819. The highest BCUT2D eigenvalue weighted by Gasteiger charge is 2.48. The van der Waals surface area contributed by atoms with Crippen LogP contribution in [0.3, 0.4) is 0 Å². The highest BCUT2D eigenvalue weighted by Crippen LogP contribution is 2.48. The van der Waals surface area contributed by atoms with Crippen molar-refractivity contribution in [2.24, 2.45) is 16.3 Å². The smallest absolute Gasteiger partial charge is 0.334 e. The molecule has 1 aromatic carbocycles. The monoisotopic (exact) mass is 355 g/mol. The number of fused-ring (bicyclic) bond motifs is 1. The molecular weight excluding hydrogens is 330 g/mol. The zero-order chi connectivity index (χ0) is 19.1. The van der Waals surface area contributed by atoms with Crippen LogP contribution in [-0.2, 0) is 9.59 Å². The van der Waals surface area contributed by atoms with Gasteiger partial charge in [0.2, 0.25) is 0 Å². The molecule has 3 rings (SSSR count). The summed E-state index contributed by atoms with van der Waals surface area (Å²) in [5, 5.41) is 9.86. The van der Waals surface area contributed by atoms with Crippen LogP contribution in [0, 0.1) is 11.3 Å². The summed E-state index contributed by atoms with van der Waals surface area (Å²) in [5.41, 5.74) is 2.06. The third-order valence-electron chi connectivity index (χ3n) is 5.15. The van der Waals surface area contributed by atoms with Gasteiger partial charge in [-0.25, -0.2) is 4.79 Å². The van der Waals surface area contributed by atoms with E-state index in [1.165, 1.54) is 0 Å². The van der Waals surface area contributed by atoms with Crippen molar-refractivity contribution in [3.8, 4) is 5.75 Å². The van der Waals surface area contributed by atoms with E-state index in [2.05, 4.69) is 18.8 Å². The first-order valence-corrected chi connectivity index (χ1v) is 9.01. The van der Waals surface area contributed by atoms with Gasteiger partial charge in [0.25, 0.3) is 0 Å². The first-order chi connectivity index (χ1) is 12.2. The van der Waals surface area contributed by atoms with Gasteiger partial charge in [-0.05, 0) is 31.7 Å². The van der Waals surface area contributed by atoms with Gasteiger partial charge >= 0.3 is 5.97 Å². The van der Waals surface area contributed by atoms with Crippen LogP contribution in [0.1, 0.15) is 52.0 Å². The normalized spacial score (nSPS) is 24.8. The number of ether oxygens (including phenoxy) is 1. The summed E-state index contributed by atoms with van der Waals surface area (Å²) in [6, 6.07) is 7.41. The van der Waals surface area contributed by atoms with Crippen molar-refractivity contribution >= 4 is 17.5 Å². The Hall–Kier alpha value is -2.43. The SMILES string of the molecule is CCOc1ccccc1C1C(C(=O)O)=C(C)N=C2CC(C)(C)CC(=O)C21. The summed E-state index contributed by atoms with van der Waals surface area (Å²) in [4.78, 5) is 29.6. The van der Waals surface area contributed by atoms with Crippen LogP contribution >= 0.6 is 0 Å². The van der Waals surface area contributed by atoms with Crippen LogP contribution in [0.5, 0.6) is 5.75 Å². The van der Waals surface area contributed by atoms with Crippen LogP contribution in [0.25, 0.3) is 0 Å². The van der Waals surface area contributed by atoms with Gasteiger partial charge in [-0.15, -0.1) is 0 Å². The minimum absolute atomic E-state index is 0.0579. The zero-order valence-electron chi connectivity index (χ0n) is 15.7. The van der Waals surface area contributed by atoms with Crippen LogP contribution in [0.4, 0.5) is 0 Å². The minimum Gasteiger partial charge on any atom is -0.494 e. The summed E-state index contributed by atoms with van der Waals surface area (Å²) < 4.78 is 5.74. The highest BCUT2D eigenvalue weighted by atomic mass is 16.5. The van der Waals surface area contributed by atoms with E-state index in [0.717, 1.165) is 11.3 Å². The molecule has 0 spiro atoms. The molecule has 0 saturated heterocycles. The van der Waals surface area contributed by atoms with Crippen molar-refractivity contribution in [2.45, 2.75) is 46.5 Å². The Morgan fingerprint density at radius 3 is 2.62 bits per heavy atom. The maximum atomic E-state index is 13.0. The number of aliphatic carboxylic acids is 1. The summed E-state index contributed by atoms with van der Waals surface area (Å²) in [6.45, 7) is 8.19. The van der Waals surface area contributed by atoms with E-state index in [0.29, 0.717) is 30.9 Å². The molecule has 1 saturated carbocycles. The van der Waals surface area contributed by atoms with E-state index < -0.39 is 17.8 Å². The number of hydrogen-bond donors (Lipinski definition) is 1. The quantitative estimate of drug-likeness (QED) is 0.886. The van der Waals surface area contributed by atoms with Gasteiger partial charge in [0, 0.05) is 29.3 Å². The first kappa shape index (κ1) is 18.4. The average Bonchev–Trinajstić information content (AvgIpc) is 2.52. The van der Waals surface area contributed by atoms with E-state index in [9.17, 15) is 14.7 Å². The van der Waals surface area contributed by atoms with E-state index in [1.54, 1.807) is 6.92 Å². The standard InChI is InChI=1S/C21H25NO4/c1-5-26-16-9-7-6-8-13(16)18-17(20(24)25)12(2)22-14-10-21(3,4)11-15(23)19(14)18/h6-9,18-19H,5,10-11H2,1-4H3,(H,24,25). The Labute approximate surface area is 153 Å². The molecule has 1 aromatic rings. The number of Topliss-reactive ketones (excluding diaryl/α,β-unsaturated/α-hetero) is 1. The highest BCUT2D eigenvalue weighted by molar-refractivity contribution is 6.12. The Morgan fingerprint density at radius 2 is 1.96 bits per heavy atom. The molecule has 1 N–H and O–H groups in total. The van der Waals surface area contributed by atoms with Gasteiger partial charge in [0.15, 0.2) is 0 Å². The molecule has 0 aromatic heterocycles. The third-order valence-corrected chi connectivity index (χ3v) is 5.15. The molecule has 26 heavy (non-hydrogen) atoms. The molecular formula is C21H25NO4. The Morgan fingerprint density at radius 1 is 1.27 bits per heavy atom. The number of para-hydroxylation sites is 1. The second kappa shape index (κ2) is 6.71. The lowest BCUT2D eigenvalue weighted by Crippen LogP contribution is -2.44. The summed E-state index contributed by atoms with van der Waals surface area (Å²) in [7, 11) is 0. The predicted octanol–water partition coefficient (Wildman–Crippen LogP) is 3.99. The van der Waals surface area contributed by atoms with Gasteiger partial charge in [-0.2, -0.15) is 0 Å². The second-order valence-electron chi connectivity index (χ2n) is 7.82. The number of ketones is 1. The summed E-state index contributed by atoms with van der Waals surface area (Å²) >= 11 is 0. The maximum absolute atomic E-state index is 13.0. The van der Waals surface area contributed by atoms with Crippen LogP contribution < -0.4 is 4.74 Å². The number of carboxylic acids is 1. The van der Waals surface area contributed by atoms with Crippen LogP contribution in [0.15, 0.2) is 40.5 Å². The van der Waals surface area contributed by atoms with E-state index >= 15 is 0 Å². The van der Waals surface area contributed by atoms with Crippen molar-refractivity contribution in [3.63, 3.8) is 0 Å². The Balaban J connectivity index is 2.20. The number of carboxylic acid groups (broad SMARTS) is 1. The minimum atomic E-state index is -1.03. The third kappa shape index (κ3) is 3.18. The van der Waals surface area contributed by atoms with Crippen molar-refractivity contribution < 1.29 is 19.4 Å². The molecule has 1 fully saturated rings. The van der Waals surface area contributed by atoms with Gasteiger partial charge in [0.05, 0.1) is 18.1 Å². The molecule has 1 aliphatic heterocycles. The van der Waals surface area contributed by atoms with Crippen molar-refractivity contribution in [1.29, 1.82) is 0 Å². The molecule has 1 heterocycles. The molecule has 1 aliphatic carbocycles. The molecule has 0 radical (unpaired) electrons. The summed E-state index contributed by atoms with van der Waals surface area (Å²) in [6.07, 6.45) is 1.12. The van der Waals surface area contributed by atoms with E-state index in [1.807, 2.05) is 31.2 Å². The topological polar surface area (TPSA) is 76.0 Å². The lowest BCUT2D eigenvalue weighted by Gasteiger charge is -2.41. The fourth-order valence-electron chi connectivity index (χ4n) is 4.23. The second-order valence-corrected chi connectivity index (χ2v) is 7.82. The molecule has 5 nitrogen and oxygen atoms in total. The van der Waals surface area contributed by atoms with Crippen LogP contribution in [-0.4, -0.2) is 29.2 Å². The molecule has 2 atom stereocenters. The molecule has 5 heteroatoms. The van der Waals surface area contributed by atoms with Gasteiger partial charge in [-0.3, -0.25) is 9.79 Å².